The first-order valence-electron chi connectivity index (χ1n) is 8.74. The van der Waals surface area contributed by atoms with Crippen LogP contribution in [0.25, 0.3) is 0 Å². The van der Waals surface area contributed by atoms with Crippen molar-refractivity contribution < 1.29 is 4.79 Å². The molecule has 0 radical (unpaired) electrons. The molecule has 27 heavy (non-hydrogen) atoms. The normalized spacial score (nSPS) is 12.9. The first kappa shape index (κ1) is 20.1. The second-order valence-corrected chi connectivity index (χ2v) is 5.78. The minimum absolute atomic E-state index is 0.0365. The SMILES string of the molecule is CCCNCC(N=C/C(=C\N)NC(=O)c1nccnc1N)c1ccccc1. The number of amides is 1. The van der Waals surface area contributed by atoms with Crippen molar-refractivity contribution in [1.29, 1.82) is 0 Å². The number of allylic oxidation sites excluding steroid dienone is 1. The molecule has 1 unspecified atom stereocenters. The summed E-state index contributed by atoms with van der Waals surface area (Å²) in [6.07, 6.45) is 6.66. The second kappa shape index (κ2) is 10.7. The minimum Gasteiger partial charge on any atom is -0.403 e. The van der Waals surface area contributed by atoms with Crippen molar-refractivity contribution in [3.05, 3.63) is 65.9 Å². The highest BCUT2D eigenvalue weighted by atomic mass is 16.1. The Hall–Kier alpha value is -3.26. The van der Waals surface area contributed by atoms with Gasteiger partial charge in [0.1, 0.15) is 0 Å². The number of hydrogen-bond donors (Lipinski definition) is 4. The van der Waals surface area contributed by atoms with E-state index in [1.807, 2.05) is 30.3 Å². The van der Waals surface area contributed by atoms with Crippen LogP contribution in [0.3, 0.4) is 0 Å². The molecule has 0 fully saturated rings. The highest BCUT2D eigenvalue weighted by Crippen LogP contribution is 2.16. The van der Waals surface area contributed by atoms with Crippen molar-refractivity contribution in [1.82, 2.24) is 20.6 Å². The number of nitrogens with zero attached hydrogens (tertiary/aromatic N) is 3. The van der Waals surface area contributed by atoms with Crippen molar-refractivity contribution >= 4 is 17.9 Å². The molecule has 142 valence electrons. The Bertz CT molecular complexity index is 790. The number of carbonyl (C=O) groups excluding carboxylic acids is 1. The lowest BCUT2D eigenvalue weighted by atomic mass is 10.1. The number of nitrogens with two attached hydrogens (primary N) is 2. The van der Waals surface area contributed by atoms with E-state index in [1.165, 1.54) is 24.8 Å². The highest BCUT2D eigenvalue weighted by Gasteiger charge is 2.13. The average Bonchev–Trinajstić information content (AvgIpc) is 2.70. The molecule has 1 amide bonds. The van der Waals surface area contributed by atoms with Crippen LogP contribution < -0.4 is 22.1 Å². The highest BCUT2D eigenvalue weighted by molar-refractivity contribution is 6.00. The van der Waals surface area contributed by atoms with Crippen LogP contribution in [0.5, 0.6) is 0 Å². The van der Waals surface area contributed by atoms with Gasteiger partial charge >= 0.3 is 0 Å². The van der Waals surface area contributed by atoms with Gasteiger partial charge in [0, 0.05) is 31.4 Å². The number of aromatic nitrogens is 2. The number of carbonyl (C=O) groups is 1. The van der Waals surface area contributed by atoms with Crippen LogP contribution in [0.1, 0.15) is 35.4 Å². The average molecular weight is 367 g/mol. The number of anilines is 1. The third kappa shape index (κ3) is 6.19. The molecule has 0 aliphatic rings. The molecule has 1 heterocycles. The molecule has 2 aromatic rings. The summed E-state index contributed by atoms with van der Waals surface area (Å²) in [5, 5.41) is 6.01. The van der Waals surface area contributed by atoms with E-state index in [-0.39, 0.29) is 17.6 Å². The van der Waals surface area contributed by atoms with E-state index in [2.05, 4.69) is 32.5 Å². The summed E-state index contributed by atoms with van der Waals surface area (Å²) in [5.41, 5.74) is 12.8. The quantitative estimate of drug-likeness (QED) is 0.391. The van der Waals surface area contributed by atoms with E-state index in [1.54, 1.807) is 0 Å². The Morgan fingerprint density at radius 3 is 2.67 bits per heavy atom. The number of aliphatic imine (C=N–C) groups is 1. The molecule has 8 nitrogen and oxygen atoms in total. The number of benzene rings is 1. The van der Waals surface area contributed by atoms with E-state index < -0.39 is 5.91 Å². The summed E-state index contributed by atoms with van der Waals surface area (Å²) in [5.74, 6) is -0.446. The number of nitrogens with one attached hydrogen (secondary N) is 2. The summed E-state index contributed by atoms with van der Waals surface area (Å²) in [6.45, 7) is 3.69. The maximum absolute atomic E-state index is 12.3. The van der Waals surface area contributed by atoms with E-state index in [9.17, 15) is 4.79 Å². The molecule has 0 saturated carbocycles. The van der Waals surface area contributed by atoms with E-state index in [0.717, 1.165) is 18.5 Å². The predicted octanol–water partition coefficient (Wildman–Crippen LogP) is 1.40. The van der Waals surface area contributed by atoms with Gasteiger partial charge in [0.15, 0.2) is 11.5 Å². The molecule has 0 bridgehead atoms. The molecule has 1 atom stereocenters. The van der Waals surface area contributed by atoms with Crippen molar-refractivity contribution in [3.63, 3.8) is 0 Å². The van der Waals surface area contributed by atoms with Crippen molar-refractivity contribution in [2.24, 2.45) is 10.7 Å². The number of hydrogen-bond acceptors (Lipinski definition) is 7. The summed E-state index contributed by atoms with van der Waals surface area (Å²) in [7, 11) is 0. The molecule has 0 saturated heterocycles. The van der Waals surface area contributed by atoms with Crippen LogP contribution in [0, 0.1) is 0 Å². The molecule has 0 aliphatic heterocycles. The fourth-order valence-corrected chi connectivity index (χ4v) is 2.35. The topological polar surface area (TPSA) is 131 Å². The van der Waals surface area contributed by atoms with Gasteiger partial charge < -0.3 is 22.1 Å². The van der Waals surface area contributed by atoms with Gasteiger partial charge in [-0.1, -0.05) is 37.3 Å². The Morgan fingerprint density at radius 1 is 1.26 bits per heavy atom. The van der Waals surface area contributed by atoms with Crippen LogP contribution in [0.2, 0.25) is 0 Å². The Labute approximate surface area is 158 Å². The first-order chi connectivity index (χ1) is 13.2. The van der Waals surface area contributed by atoms with Crippen molar-refractivity contribution in [2.45, 2.75) is 19.4 Å². The van der Waals surface area contributed by atoms with E-state index in [4.69, 9.17) is 11.5 Å². The minimum atomic E-state index is -0.496. The standard InChI is InChI=1S/C19H25N7O/c1-2-8-22-13-16(14-6-4-3-5-7-14)25-12-15(11-20)26-19(27)17-18(21)24-10-9-23-17/h3-7,9-12,16,22H,2,8,13,20H2,1H3,(H2,21,24)(H,26,27)/b15-11+,25-12?. The lowest BCUT2D eigenvalue weighted by molar-refractivity contribution is 0.0963. The largest absolute Gasteiger partial charge is 0.403 e. The molecule has 1 aromatic carbocycles. The molecule has 6 N–H and O–H groups in total. The molecular formula is C19H25N7O. The van der Waals surface area contributed by atoms with Gasteiger partial charge in [-0.3, -0.25) is 9.79 Å². The van der Waals surface area contributed by atoms with Gasteiger partial charge in [-0.15, -0.1) is 0 Å². The Kier molecular flexibility index (Phi) is 7.92. The van der Waals surface area contributed by atoms with Crippen molar-refractivity contribution in [2.75, 3.05) is 18.8 Å². The fourth-order valence-electron chi connectivity index (χ4n) is 2.35. The van der Waals surface area contributed by atoms with E-state index >= 15 is 0 Å². The zero-order valence-electron chi connectivity index (χ0n) is 15.3. The van der Waals surface area contributed by atoms with Crippen LogP contribution in [0.4, 0.5) is 5.82 Å². The maximum Gasteiger partial charge on any atom is 0.278 e. The molecule has 0 aliphatic carbocycles. The van der Waals surface area contributed by atoms with E-state index in [0.29, 0.717) is 12.2 Å². The zero-order valence-corrected chi connectivity index (χ0v) is 15.3. The zero-order chi connectivity index (χ0) is 19.5. The van der Waals surface area contributed by atoms with Gasteiger partial charge in [0.05, 0.1) is 11.7 Å². The molecule has 8 heteroatoms. The molecule has 1 aromatic heterocycles. The monoisotopic (exact) mass is 367 g/mol. The maximum atomic E-state index is 12.3. The van der Waals surface area contributed by atoms with Gasteiger partial charge in [0.2, 0.25) is 0 Å². The third-order valence-electron chi connectivity index (χ3n) is 3.72. The number of nitrogen functional groups attached to an aromatic ring is 1. The van der Waals surface area contributed by atoms with Crippen LogP contribution >= 0.6 is 0 Å². The lowest BCUT2D eigenvalue weighted by Crippen LogP contribution is -2.27. The lowest BCUT2D eigenvalue weighted by Gasteiger charge is -2.14. The van der Waals surface area contributed by atoms with Crippen LogP contribution in [-0.2, 0) is 0 Å². The van der Waals surface area contributed by atoms with Crippen LogP contribution in [0.15, 0.2) is 59.6 Å². The molecule has 2 rings (SSSR count). The van der Waals surface area contributed by atoms with Gasteiger partial charge in [0.25, 0.3) is 5.91 Å². The summed E-state index contributed by atoms with van der Waals surface area (Å²) >= 11 is 0. The molecular weight excluding hydrogens is 342 g/mol. The third-order valence-corrected chi connectivity index (χ3v) is 3.72. The molecule has 0 spiro atoms. The Morgan fingerprint density at radius 2 is 2.00 bits per heavy atom. The Balaban J connectivity index is 2.10. The van der Waals surface area contributed by atoms with Gasteiger partial charge in [-0.05, 0) is 18.5 Å². The van der Waals surface area contributed by atoms with Crippen molar-refractivity contribution in [3.8, 4) is 0 Å². The van der Waals surface area contributed by atoms with Crippen LogP contribution in [-0.4, -0.2) is 35.2 Å². The summed E-state index contributed by atoms with van der Waals surface area (Å²) in [6, 6.07) is 9.82. The summed E-state index contributed by atoms with van der Waals surface area (Å²) < 4.78 is 0. The van der Waals surface area contributed by atoms with Gasteiger partial charge in [-0.25, -0.2) is 9.97 Å². The predicted molar refractivity (Wildman–Crippen MR) is 107 cm³/mol. The summed E-state index contributed by atoms with van der Waals surface area (Å²) in [4.78, 5) is 24.7. The first-order valence-corrected chi connectivity index (χ1v) is 8.74. The number of rotatable bonds is 9. The smallest absolute Gasteiger partial charge is 0.278 e. The fraction of sp³-hybridized carbons (Fsp3) is 0.263. The second-order valence-electron chi connectivity index (χ2n) is 5.78. The van der Waals surface area contributed by atoms with Gasteiger partial charge in [-0.2, -0.15) is 0 Å².